The van der Waals surface area contributed by atoms with Crippen LogP contribution in [0.5, 0.6) is 0 Å². The predicted molar refractivity (Wildman–Crippen MR) is 112 cm³/mol. The molecule has 0 aliphatic carbocycles. The third-order valence-electron chi connectivity index (χ3n) is 4.35. The van der Waals surface area contributed by atoms with Crippen LogP contribution in [0.4, 0.5) is 16.6 Å². The Bertz CT molecular complexity index is 1090. The molecule has 4 rings (SSSR count). The molecule has 150 valence electrons. The summed E-state index contributed by atoms with van der Waals surface area (Å²) in [4.78, 5) is 33.8. The molecule has 12 heteroatoms. The highest BCUT2D eigenvalue weighted by Crippen LogP contribution is 2.34. The topological polar surface area (TPSA) is 113 Å². The van der Waals surface area contributed by atoms with Gasteiger partial charge < -0.3 is 10.2 Å². The van der Waals surface area contributed by atoms with E-state index in [-0.39, 0.29) is 22.9 Å². The maximum Gasteiger partial charge on any atom is 0.296 e. The van der Waals surface area contributed by atoms with Crippen molar-refractivity contribution in [2.45, 2.75) is 11.0 Å². The van der Waals surface area contributed by atoms with Gasteiger partial charge >= 0.3 is 0 Å². The number of thiazole rings is 1. The molecule has 2 unspecified atom stereocenters. The molecule has 3 heterocycles. The smallest absolute Gasteiger partial charge is 0.296 e. The third kappa shape index (κ3) is 3.84. The van der Waals surface area contributed by atoms with Gasteiger partial charge in [0.05, 0.1) is 15.2 Å². The van der Waals surface area contributed by atoms with Gasteiger partial charge in [0.2, 0.25) is 0 Å². The van der Waals surface area contributed by atoms with Gasteiger partial charge in [-0.25, -0.2) is 9.97 Å². The van der Waals surface area contributed by atoms with Crippen LogP contribution < -0.4 is 10.6 Å². The Morgan fingerprint density at radius 3 is 2.97 bits per heavy atom. The Morgan fingerprint density at radius 1 is 1.34 bits per heavy atom. The van der Waals surface area contributed by atoms with Crippen LogP contribution in [0.2, 0.25) is 0 Å². The van der Waals surface area contributed by atoms with Gasteiger partial charge in [0, 0.05) is 25.4 Å². The minimum absolute atomic E-state index is 0.0805. The first-order chi connectivity index (χ1) is 14.0. The van der Waals surface area contributed by atoms with Gasteiger partial charge in [-0.1, -0.05) is 29.0 Å². The minimum Gasteiger partial charge on any atom is -0.318 e. The van der Waals surface area contributed by atoms with Crippen LogP contribution in [-0.2, 0) is 0 Å². The molecule has 29 heavy (non-hydrogen) atoms. The van der Waals surface area contributed by atoms with Crippen LogP contribution in [0.25, 0.3) is 10.2 Å². The Kier molecular flexibility index (Phi) is 5.50. The summed E-state index contributed by atoms with van der Waals surface area (Å²) in [6.07, 6.45) is 1.54. The molecule has 1 fully saturated rings. The molecule has 0 bridgehead atoms. The van der Waals surface area contributed by atoms with Gasteiger partial charge in [-0.05, 0) is 18.2 Å². The molecule has 1 saturated heterocycles. The maximum absolute atomic E-state index is 13.1. The van der Waals surface area contributed by atoms with E-state index < -0.39 is 15.9 Å². The number of halogens is 2. The fourth-order valence-electron chi connectivity index (χ4n) is 2.98. The molecule has 9 nitrogen and oxygen atoms in total. The summed E-state index contributed by atoms with van der Waals surface area (Å²) in [5.74, 6) is -0.0347. The van der Waals surface area contributed by atoms with Crippen molar-refractivity contribution in [1.29, 1.82) is 0 Å². The number of carbonyl (C=O) groups excluding carboxylic acids is 1. The maximum atomic E-state index is 13.1. The lowest BCUT2D eigenvalue weighted by atomic mass is 10.2. The average molecular weight is 453 g/mol. The second kappa shape index (κ2) is 8.07. The fraction of sp³-hybridized carbons (Fsp3) is 0.235. The standard InChI is InChI=1S/C17H14Cl2N6O3S/c18-13-14(19)24(8-7-20-13)16(26)9-3-2-6-21-15(9)23-17-22-12-10(25(27)28)4-1-5-11(12)29-17/h1-6,13-14,20H,7-8H2,(H,21,22,23). The number of anilines is 2. The van der Waals surface area contributed by atoms with Crippen LogP contribution in [0, 0.1) is 10.1 Å². The Labute approximate surface area is 178 Å². The summed E-state index contributed by atoms with van der Waals surface area (Å²) in [6.45, 7) is 0.922. The third-order valence-corrected chi connectivity index (χ3v) is 6.30. The summed E-state index contributed by atoms with van der Waals surface area (Å²) >= 11 is 13.6. The molecule has 0 radical (unpaired) electrons. The number of carbonyl (C=O) groups is 1. The molecule has 1 aromatic carbocycles. The normalized spacial score (nSPS) is 19.3. The van der Waals surface area contributed by atoms with E-state index in [0.717, 1.165) is 0 Å². The number of pyridine rings is 1. The van der Waals surface area contributed by atoms with Crippen molar-refractivity contribution in [2.75, 3.05) is 18.4 Å². The quantitative estimate of drug-likeness (QED) is 0.269. The summed E-state index contributed by atoms with van der Waals surface area (Å²) in [6, 6.07) is 8.02. The van der Waals surface area contributed by atoms with Crippen molar-refractivity contribution in [3.8, 4) is 0 Å². The van der Waals surface area contributed by atoms with E-state index in [9.17, 15) is 14.9 Å². The van der Waals surface area contributed by atoms with Gasteiger partial charge in [0.25, 0.3) is 11.6 Å². The van der Waals surface area contributed by atoms with Crippen LogP contribution in [0.15, 0.2) is 36.5 Å². The first kappa shape index (κ1) is 19.8. The van der Waals surface area contributed by atoms with E-state index in [1.165, 1.54) is 28.5 Å². The van der Waals surface area contributed by atoms with Crippen molar-refractivity contribution in [3.63, 3.8) is 0 Å². The summed E-state index contributed by atoms with van der Waals surface area (Å²) in [5, 5.41) is 17.6. The number of hydrogen-bond acceptors (Lipinski definition) is 8. The molecule has 2 N–H and O–H groups in total. The lowest BCUT2D eigenvalue weighted by molar-refractivity contribution is -0.383. The molecular weight excluding hydrogens is 439 g/mol. The van der Waals surface area contributed by atoms with Crippen molar-refractivity contribution in [1.82, 2.24) is 20.2 Å². The number of amides is 1. The second-order valence-electron chi connectivity index (χ2n) is 6.15. The molecule has 2 aromatic heterocycles. The summed E-state index contributed by atoms with van der Waals surface area (Å²) in [5.41, 5.74) is -0.772. The van der Waals surface area contributed by atoms with Crippen LogP contribution in [0.3, 0.4) is 0 Å². The highest BCUT2D eigenvalue weighted by atomic mass is 35.5. The molecule has 0 saturated carbocycles. The lowest BCUT2D eigenvalue weighted by Crippen LogP contribution is -2.55. The zero-order valence-electron chi connectivity index (χ0n) is 14.7. The average Bonchev–Trinajstić information content (AvgIpc) is 3.12. The summed E-state index contributed by atoms with van der Waals surface area (Å²) < 4.78 is 0.651. The van der Waals surface area contributed by atoms with Crippen molar-refractivity contribution in [2.24, 2.45) is 0 Å². The number of nitrogens with one attached hydrogen (secondary N) is 2. The Morgan fingerprint density at radius 2 is 2.17 bits per heavy atom. The number of nitro benzene ring substituents is 1. The number of para-hydroxylation sites is 1. The second-order valence-corrected chi connectivity index (χ2v) is 8.10. The van der Waals surface area contributed by atoms with E-state index in [2.05, 4.69) is 20.6 Å². The number of non-ortho nitro benzene ring substituents is 1. The Hall–Kier alpha value is -2.53. The van der Waals surface area contributed by atoms with Gasteiger partial charge in [-0.2, -0.15) is 0 Å². The van der Waals surface area contributed by atoms with E-state index in [1.54, 1.807) is 24.3 Å². The van der Waals surface area contributed by atoms with E-state index in [1.807, 2.05) is 0 Å². The fourth-order valence-corrected chi connectivity index (χ4v) is 4.39. The SMILES string of the molecule is O=C(c1cccnc1Nc1nc2c([N+](=O)[O-])cccc2s1)N1CCNC(Cl)C1Cl. The van der Waals surface area contributed by atoms with Crippen molar-refractivity contribution < 1.29 is 9.72 Å². The highest BCUT2D eigenvalue weighted by molar-refractivity contribution is 7.22. The van der Waals surface area contributed by atoms with Crippen molar-refractivity contribution in [3.05, 3.63) is 52.2 Å². The number of nitrogens with zero attached hydrogens (tertiary/aromatic N) is 4. The number of nitro groups is 1. The van der Waals surface area contributed by atoms with E-state index >= 15 is 0 Å². The van der Waals surface area contributed by atoms with Crippen LogP contribution in [-0.4, -0.2) is 49.8 Å². The van der Waals surface area contributed by atoms with Crippen LogP contribution >= 0.6 is 34.5 Å². The predicted octanol–water partition coefficient (Wildman–Crippen LogP) is 3.52. The number of fused-ring (bicyclic) bond motifs is 1. The number of benzene rings is 1. The molecule has 1 aliphatic heterocycles. The molecule has 2 atom stereocenters. The highest BCUT2D eigenvalue weighted by Gasteiger charge is 2.33. The number of piperazine rings is 1. The van der Waals surface area contributed by atoms with Gasteiger partial charge in [0.1, 0.15) is 16.8 Å². The number of rotatable bonds is 4. The number of alkyl halides is 2. The summed E-state index contributed by atoms with van der Waals surface area (Å²) in [7, 11) is 0. The first-order valence-electron chi connectivity index (χ1n) is 8.54. The van der Waals surface area contributed by atoms with E-state index in [4.69, 9.17) is 23.2 Å². The van der Waals surface area contributed by atoms with Gasteiger partial charge in [-0.15, -0.1) is 11.6 Å². The lowest BCUT2D eigenvalue weighted by Gasteiger charge is -2.35. The zero-order chi connectivity index (χ0) is 20.5. The molecular formula is C17H14Cl2N6O3S. The number of hydrogen-bond donors (Lipinski definition) is 2. The molecule has 1 aliphatic rings. The van der Waals surface area contributed by atoms with Gasteiger partial charge in [-0.3, -0.25) is 20.2 Å². The molecule has 0 spiro atoms. The zero-order valence-corrected chi connectivity index (χ0v) is 17.0. The minimum atomic E-state index is -0.712. The largest absolute Gasteiger partial charge is 0.318 e. The van der Waals surface area contributed by atoms with E-state index in [0.29, 0.717) is 28.5 Å². The monoisotopic (exact) mass is 452 g/mol. The Balaban J connectivity index is 1.66. The van der Waals surface area contributed by atoms with Crippen LogP contribution in [0.1, 0.15) is 10.4 Å². The van der Waals surface area contributed by atoms with Gasteiger partial charge in [0.15, 0.2) is 10.6 Å². The number of aromatic nitrogens is 2. The first-order valence-corrected chi connectivity index (χ1v) is 10.2. The molecule has 3 aromatic rings. The molecule has 1 amide bonds. The van der Waals surface area contributed by atoms with Crippen molar-refractivity contribution >= 4 is 67.3 Å².